The largest absolute Gasteiger partial charge is 0.356 e. The van der Waals surface area contributed by atoms with E-state index >= 15 is 0 Å². The third-order valence-electron chi connectivity index (χ3n) is 2.24. The zero-order valence-corrected chi connectivity index (χ0v) is 8.49. The number of aryl methyl sites for hydroxylation is 1. The van der Waals surface area contributed by atoms with Crippen molar-refractivity contribution >= 4 is 5.82 Å². The van der Waals surface area contributed by atoms with Crippen LogP contribution in [0, 0.1) is 6.92 Å². The molecule has 0 aliphatic carbocycles. The van der Waals surface area contributed by atoms with Crippen molar-refractivity contribution in [3.8, 4) is 0 Å². The van der Waals surface area contributed by atoms with Gasteiger partial charge in [-0.15, -0.1) is 0 Å². The number of nitrogens with zero attached hydrogens (tertiary/aromatic N) is 2. The second kappa shape index (κ2) is 4.23. The molecule has 0 saturated heterocycles. The SMILES string of the molecule is Cc1cccc(N(C)C(C)CN)n1. The normalized spacial score (nSPS) is 12.6. The van der Waals surface area contributed by atoms with E-state index in [9.17, 15) is 0 Å². The molecule has 0 spiro atoms. The summed E-state index contributed by atoms with van der Waals surface area (Å²) in [5.41, 5.74) is 6.61. The Balaban J connectivity index is 2.82. The van der Waals surface area contributed by atoms with Gasteiger partial charge >= 0.3 is 0 Å². The van der Waals surface area contributed by atoms with E-state index in [1.807, 2.05) is 32.2 Å². The smallest absolute Gasteiger partial charge is 0.128 e. The molecule has 0 saturated carbocycles. The van der Waals surface area contributed by atoms with Gasteiger partial charge in [-0.25, -0.2) is 4.98 Å². The molecule has 1 heterocycles. The molecule has 3 heteroatoms. The maximum Gasteiger partial charge on any atom is 0.128 e. The minimum atomic E-state index is 0.328. The molecule has 0 bridgehead atoms. The van der Waals surface area contributed by atoms with E-state index in [0.29, 0.717) is 12.6 Å². The average molecular weight is 179 g/mol. The number of pyridine rings is 1. The number of hydrogen-bond donors (Lipinski definition) is 1. The van der Waals surface area contributed by atoms with Crippen molar-refractivity contribution in [3.63, 3.8) is 0 Å². The molecular formula is C10H17N3. The number of aromatic nitrogens is 1. The summed E-state index contributed by atoms with van der Waals surface area (Å²) >= 11 is 0. The molecule has 0 radical (unpaired) electrons. The molecule has 1 aromatic rings. The van der Waals surface area contributed by atoms with Gasteiger partial charge in [-0.05, 0) is 26.0 Å². The fourth-order valence-electron chi connectivity index (χ4n) is 1.11. The summed E-state index contributed by atoms with van der Waals surface area (Å²) in [4.78, 5) is 6.50. The van der Waals surface area contributed by atoms with Crippen molar-refractivity contribution in [2.24, 2.45) is 5.73 Å². The van der Waals surface area contributed by atoms with Gasteiger partial charge in [0.1, 0.15) is 5.82 Å². The number of nitrogens with two attached hydrogens (primary N) is 1. The summed E-state index contributed by atoms with van der Waals surface area (Å²) in [6.45, 7) is 4.72. The molecule has 1 rings (SSSR count). The van der Waals surface area contributed by atoms with E-state index in [1.165, 1.54) is 0 Å². The van der Waals surface area contributed by atoms with Crippen LogP contribution in [0.3, 0.4) is 0 Å². The molecule has 2 N–H and O–H groups in total. The Morgan fingerprint density at radius 2 is 2.23 bits per heavy atom. The highest BCUT2D eigenvalue weighted by atomic mass is 15.2. The van der Waals surface area contributed by atoms with Crippen molar-refractivity contribution in [2.75, 3.05) is 18.5 Å². The highest BCUT2D eigenvalue weighted by Gasteiger charge is 2.08. The van der Waals surface area contributed by atoms with Gasteiger partial charge in [-0.2, -0.15) is 0 Å². The van der Waals surface area contributed by atoms with E-state index in [2.05, 4.69) is 16.8 Å². The van der Waals surface area contributed by atoms with E-state index in [0.717, 1.165) is 11.5 Å². The molecule has 0 aliphatic heterocycles. The van der Waals surface area contributed by atoms with Gasteiger partial charge in [-0.3, -0.25) is 0 Å². The van der Waals surface area contributed by atoms with Gasteiger partial charge in [0.15, 0.2) is 0 Å². The predicted octanol–water partition coefficient (Wildman–Crippen LogP) is 1.17. The van der Waals surface area contributed by atoms with Gasteiger partial charge in [0.05, 0.1) is 0 Å². The summed E-state index contributed by atoms with van der Waals surface area (Å²) in [5.74, 6) is 0.984. The maximum absolute atomic E-state index is 5.58. The lowest BCUT2D eigenvalue weighted by molar-refractivity contribution is 0.686. The van der Waals surface area contributed by atoms with Crippen LogP contribution in [0.2, 0.25) is 0 Å². The fourth-order valence-corrected chi connectivity index (χ4v) is 1.11. The fraction of sp³-hybridized carbons (Fsp3) is 0.500. The second-order valence-electron chi connectivity index (χ2n) is 3.33. The average Bonchev–Trinajstić information content (AvgIpc) is 2.15. The van der Waals surface area contributed by atoms with Crippen molar-refractivity contribution in [2.45, 2.75) is 19.9 Å². The topological polar surface area (TPSA) is 42.1 Å². The first kappa shape index (κ1) is 9.99. The zero-order valence-electron chi connectivity index (χ0n) is 8.49. The Bertz CT molecular complexity index is 273. The van der Waals surface area contributed by atoms with Crippen LogP contribution in [0.15, 0.2) is 18.2 Å². The predicted molar refractivity (Wildman–Crippen MR) is 55.9 cm³/mol. The van der Waals surface area contributed by atoms with Crippen molar-refractivity contribution in [1.29, 1.82) is 0 Å². The summed E-state index contributed by atoms with van der Waals surface area (Å²) in [7, 11) is 2.01. The van der Waals surface area contributed by atoms with Crippen LogP contribution in [0.5, 0.6) is 0 Å². The summed E-state index contributed by atoms with van der Waals surface area (Å²) in [6, 6.07) is 6.33. The van der Waals surface area contributed by atoms with Crippen LogP contribution >= 0.6 is 0 Å². The van der Waals surface area contributed by atoms with Crippen LogP contribution in [-0.4, -0.2) is 24.6 Å². The molecule has 1 unspecified atom stereocenters. The van der Waals surface area contributed by atoms with E-state index in [4.69, 9.17) is 5.73 Å². The molecule has 0 aromatic carbocycles. The van der Waals surface area contributed by atoms with Gasteiger partial charge < -0.3 is 10.6 Å². The van der Waals surface area contributed by atoms with Crippen LogP contribution < -0.4 is 10.6 Å². The van der Waals surface area contributed by atoms with Crippen molar-refractivity contribution < 1.29 is 0 Å². The van der Waals surface area contributed by atoms with Gasteiger partial charge in [0.2, 0.25) is 0 Å². The summed E-state index contributed by atoms with van der Waals surface area (Å²) < 4.78 is 0. The summed E-state index contributed by atoms with van der Waals surface area (Å²) in [6.07, 6.45) is 0. The Morgan fingerprint density at radius 1 is 1.54 bits per heavy atom. The van der Waals surface area contributed by atoms with Crippen molar-refractivity contribution in [1.82, 2.24) is 4.98 Å². The highest BCUT2D eigenvalue weighted by molar-refractivity contribution is 5.39. The molecule has 0 amide bonds. The number of hydrogen-bond acceptors (Lipinski definition) is 3. The minimum Gasteiger partial charge on any atom is -0.356 e. The lowest BCUT2D eigenvalue weighted by atomic mass is 10.3. The monoisotopic (exact) mass is 179 g/mol. The molecule has 1 atom stereocenters. The van der Waals surface area contributed by atoms with E-state index < -0.39 is 0 Å². The highest BCUT2D eigenvalue weighted by Crippen LogP contribution is 2.11. The second-order valence-corrected chi connectivity index (χ2v) is 3.33. The first-order chi connectivity index (χ1) is 6.15. The van der Waals surface area contributed by atoms with Crippen LogP contribution in [-0.2, 0) is 0 Å². The lowest BCUT2D eigenvalue weighted by Crippen LogP contribution is -2.35. The third-order valence-corrected chi connectivity index (χ3v) is 2.24. The van der Waals surface area contributed by atoms with E-state index in [-0.39, 0.29) is 0 Å². The first-order valence-corrected chi connectivity index (χ1v) is 4.51. The van der Waals surface area contributed by atoms with Gasteiger partial charge in [0, 0.05) is 25.3 Å². The lowest BCUT2D eigenvalue weighted by Gasteiger charge is -2.24. The number of anilines is 1. The van der Waals surface area contributed by atoms with Crippen LogP contribution in [0.4, 0.5) is 5.82 Å². The molecular weight excluding hydrogens is 162 g/mol. The van der Waals surface area contributed by atoms with Crippen molar-refractivity contribution in [3.05, 3.63) is 23.9 Å². The van der Waals surface area contributed by atoms with E-state index in [1.54, 1.807) is 0 Å². The molecule has 72 valence electrons. The maximum atomic E-state index is 5.58. The first-order valence-electron chi connectivity index (χ1n) is 4.51. The zero-order chi connectivity index (χ0) is 9.84. The van der Waals surface area contributed by atoms with Gasteiger partial charge in [0.25, 0.3) is 0 Å². The molecule has 3 nitrogen and oxygen atoms in total. The molecule has 0 aliphatic rings. The molecule has 13 heavy (non-hydrogen) atoms. The molecule has 1 aromatic heterocycles. The Hall–Kier alpha value is -1.09. The third kappa shape index (κ3) is 2.42. The number of likely N-dealkylation sites (N-methyl/N-ethyl adjacent to an activating group) is 1. The Morgan fingerprint density at radius 3 is 2.77 bits per heavy atom. The summed E-state index contributed by atoms with van der Waals surface area (Å²) in [5, 5.41) is 0. The quantitative estimate of drug-likeness (QED) is 0.757. The minimum absolute atomic E-state index is 0.328. The van der Waals surface area contributed by atoms with Crippen LogP contribution in [0.1, 0.15) is 12.6 Å². The Labute approximate surface area is 79.6 Å². The molecule has 0 fully saturated rings. The standard InChI is InChI=1S/C10H17N3/c1-8-5-4-6-10(12-8)13(3)9(2)7-11/h4-6,9H,7,11H2,1-3H3. The Kier molecular flexibility index (Phi) is 3.25. The van der Waals surface area contributed by atoms with Crippen LogP contribution in [0.25, 0.3) is 0 Å². The van der Waals surface area contributed by atoms with Gasteiger partial charge in [-0.1, -0.05) is 6.07 Å². The number of rotatable bonds is 3.